The molecule has 1 aliphatic rings. The Hall–Kier alpha value is -1.04. The highest BCUT2D eigenvalue weighted by Crippen LogP contribution is 2.02. The van der Waals surface area contributed by atoms with Crippen molar-refractivity contribution in [1.82, 2.24) is 0 Å². The van der Waals surface area contributed by atoms with Gasteiger partial charge in [-0.1, -0.05) is 48.6 Å². The lowest BCUT2D eigenvalue weighted by molar-refractivity contribution is 0.862. The minimum Gasteiger partial charge on any atom is -0.0885 e. The Morgan fingerprint density at radius 2 is 1.14 bits per heavy atom. The zero-order valence-corrected chi connectivity index (χ0v) is 8.86. The molecule has 1 rings (SSSR count). The molecule has 0 aromatic heterocycles. The van der Waals surface area contributed by atoms with Gasteiger partial charge in [0.05, 0.1) is 0 Å². The second-order valence-corrected chi connectivity index (χ2v) is 3.54. The van der Waals surface area contributed by atoms with Gasteiger partial charge in [0.15, 0.2) is 0 Å². The third-order valence-electron chi connectivity index (χ3n) is 2.23. The van der Waals surface area contributed by atoms with Crippen LogP contribution >= 0.6 is 0 Å². The summed E-state index contributed by atoms with van der Waals surface area (Å²) in [6.07, 6.45) is 25.0. The van der Waals surface area contributed by atoms with Gasteiger partial charge < -0.3 is 0 Å². The number of hydrogen-bond acceptors (Lipinski definition) is 0. The van der Waals surface area contributed by atoms with Crippen LogP contribution in [-0.4, -0.2) is 0 Å². The third-order valence-corrected chi connectivity index (χ3v) is 2.23. The van der Waals surface area contributed by atoms with Crippen molar-refractivity contribution in [2.75, 3.05) is 0 Å². The molecule has 1 aliphatic carbocycles. The lowest BCUT2D eigenvalue weighted by Gasteiger charge is -1.91. The first-order valence-electron chi connectivity index (χ1n) is 5.62. The predicted octanol–water partition coefficient (Wildman–Crippen LogP) is 4.57. The molecule has 0 saturated carbocycles. The van der Waals surface area contributed by atoms with E-state index in [0.717, 1.165) is 6.42 Å². The van der Waals surface area contributed by atoms with Gasteiger partial charge >= 0.3 is 0 Å². The fourth-order valence-corrected chi connectivity index (χ4v) is 1.41. The van der Waals surface area contributed by atoms with E-state index in [-0.39, 0.29) is 0 Å². The third kappa shape index (κ3) is 6.47. The summed E-state index contributed by atoms with van der Waals surface area (Å²) in [7, 11) is 0. The van der Waals surface area contributed by atoms with Gasteiger partial charge in [0.2, 0.25) is 0 Å². The summed E-state index contributed by atoms with van der Waals surface area (Å²) >= 11 is 0. The molecule has 0 N–H and O–H groups in total. The highest BCUT2D eigenvalue weighted by molar-refractivity contribution is 5.05. The largest absolute Gasteiger partial charge is 0.0885 e. The summed E-state index contributed by atoms with van der Waals surface area (Å²) in [6.45, 7) is 0. The van der Waals surface area contributed by atoms with Crippen LogP contribution in [0.2, 0.25) is 0 Å². The van der Waals surface area contributed by atoms with Gasteiger partial charge in [0.25, 0.3) is 0 Å². The molecule has 0 heterocycles. The van der Waals surface area contributed by atoms with Gasteiger partial charge in [-0.25, -0.2) is 0 Å². The van der Waals surface area contributed by atoms with Crippen molar-refractivity contribution < 1.29 is 0 Å². The van der Waals surface area contributed by atoms with E-state index in [4.69, 9.17) is 0 Å². The Kier molecular flexibility index (Phi) is 6.74. The molecule has 0 fully saturated rings. The van der Waals surface area contributed by atoms with Crippen molar-refractivity contribution in [2.45, 2.75) is 38.5 Å². The Balaban J connectivity index is 2.34. The van der Waals surface area contributed by atoms with E-state index in [0.29, 0.717) is 0 Å². The second kappa shape index (κ2) is 8.55. The normalized spacial score (nSPS) is 24.0. The lowest BCUT2D eigenvalue weighted by atomic mass is 10.2. The molecule has 0 aliphatic heterocycles. The summed E-state index contributed by atoms with van der Waals surface area (Å²) in [6, 6.07) is 0. The Morgan fingerprint density at radius 1 is 0.500 bits per heavy atom. The molecule has 0 atom stereocenters. The van der Waals surface area contributed by atoms with E-state index in [1.807, 2.05) is 0 Å². The van der Waals surface area contributed by atoms with Crippen LogP contribution in [0.4, 0.5) is 0 Å². The smallest absolute Gasteiger partial charge is 0.0166 e. The van der Waals surface area contributed by atoms with Crippen LogP contribution in [-0.2, 0) is 0 Å². The van der Waals surface area contributed by atoms with E-state index < -0.39 is 0 Å². The van der Waals surface area contributed by atoms with Crippen molar-refractivity contribution in [1.29, 1.82) is 0 Å². The van der Waals surface area contributed by atoms with Crippen LogP contribution < -0.4 is 0 Å². The first-order chi connectivity index (χ1) is 7.00. The fraction of sp³-hybridized carbons (Fsp3) is 0.429. The average Bonchev–Trinajstić information content (AvgIpc) is 2.22. The fourth-order valence-electron chi connectivity index (χ4n) is 1.41. The molecule has 0 unspecified atom stereocenters. The van der Waals surface area contributed by atoms with Gasteiger partial charge in [0, 0.05) is 0 Å². The second-order valence-electron chi connectivity index (χ2n) is 3.54. The first-order valence-corrected chi connectivity index (χ1v) is 5.62. The number of hydrogen-bond donors (Lipinski definition) is 0. The number of allylic oxidation sites excluding steroid dienone is 8. The van der Waals surface area contributed by atoms with Crippen LogP contribution in [0, 0.1) is 0 Å². The highest BCUT2D eigenvalue weighted by Gasteiger charge is 1.81. The first kappa shape index (κ1) is 11.0. The molecule has 14 heavy (non-hydrogen) atoms. The van der Waals surface area contributed by atoms with Crippen molar-refractivity contribution >= 4 is 0 Å². The number of rotatable bonds is 0. The maximum absolute atomic E-state index is 2.31. The van der Waals surface area contributed by atoms with Gasteiger partial charge in [-0.05, 0) is 38.5 Å². The topological polar surface area (TPSA) is 0 Å². The SMILES string of the molecule is C1=CC/C=C/CC/C=C\CCCC=C1. The van der Waals surface area contributed by atoms with Crippen molar-refractivity contribution in [2.24, 2.45) is 0 Å². The molecule has 0 heteroatoms. The predicted molar refractivity (Wildman–Crippen MR) is 64.3 cm³/mol. The molecule has 0 saturated heterocycles. The van der Waals surface area contributed by atoms with Gasteiger partial charge in [-0.2, -0.15) is 0 Å². The Bertz CT molecular complexity index is 228. The average molecular weight is 188 g/mol. The van der Waals surface area contributed by atoms with Crippen LogP contribution in [0.15, 0.2) is 48.6 Å². The Morgan fingerprint density at radius 3 is 2.07 bits per heavy atom. The van der Waals surface area contributed by atoms with E-state index in [1.54, 1.807) is 0 Å². The van der Waals surface area contributed by atoms with Gasteiger partial charge in [0.1, 0.15) is 0 Å². The summed E-state index contributed by atoms with van der Waals surface area (Å²) < 4.78 is 0. The molecule has 0 radical (unpaired) electrons. The van der Waals surface area contributed by atoms with Crippen LogP contribution in [0.5, 0.6) is 0 Å². The van der Waals surface area contributed by atoms with Crippen LogP contribution in [0.1, 0.15) is 38.5 Å². The van der Waals surface area contributed by atoms with Crippen LogP contribution in [0.3, 0.4) is 0 Å². The quantitative estimate of drug-likeness (QED) is 0.489. The monoisotopic (exact) mass is 188 g/mol. The van der Waals surface area contributed by atoms with Crippen molar-refractivity contribution in [3.05, 3.63) is 48.6 Å². The zero-order valence-electron chi connectivity index (χ0n) is 8.86. The molecule has 0 nitrogen and oxygen atoms in total. The van der Waals surface area contributed by atoms with Crippen LogP contribution in [0.25, 0.3) is 0 Å². The van der Waals surface area contributed by atoms with E-state index in [1.165, 1.54) is 32.1 Å². The van der Waals surface area contributed by atoms with E-state index in [9.17, 15) is 0 Å². The molecule has 0 amide bonds. The molecular formula is C14H20. The summed E-state index contributed by atoms with van der Waals surface area (Å²) in [5.41, 5.74) is 0. The van der Waals surface area contributed by atoms with Gasteiger partial charge in [-0.3, -0.25) is 0 Å². The summed E-state index contributed by atoms with van der Waals surface area (Å²) in [5.74, 6) is 0. The molecule has 0 aromatic rings. The lowest BCUT2D eigenvalue weighted by Crippen LogP contribution is -1.71. The molecule has 76 valence electrons. The van der Waals surface area contributed by atoms with Gasteiger partial charge in [-0.15, -0.1) is 0 Å². The standard InChI is InChI=1S/C14H20/c1-2-4-6-8-10-12-14-13-11-9-7-5-3-1/h1-4,7,9,12,14H,5-6,8,10-11,13H2/b3-1?,4-2?,9-7+,14-12-. The molecule has 0 aromatic carbocycles. The van der Waals surface area contributed by atoms with E-state index >= 15 is 0 Å². The van der Waals surface area contributed by atoms with Crippen molar-refractivity contribution in [3.63, 3.8) is 0 Å². The molecular weight excluding hydrogens is 168 g/mol. The molecule has 0 spiro atoms. The minimum atomic E-state index is 1.06. The van der Waals surface area contributed by atoms with E-state index in [2.05, 4.69) is 48.6 Å². The maximum atomic E-state index is 2.31. The summed E-state index contributed by atoms with van der Waals surface area (Å²) in [4.78, 5) is 0. The van der Waals surface area contributed by atoms with Crippen molar-refractivity contribution in [3.8, 4) is 0 Å². The zero-order chi connectivity index (χ0) is 9.90. The summed E-state index contributed by atoms with van der Waals surface area (Å²) in [5, 5.41) is 0. The highest BCUT2D eigenvalue weighted by atomic mass is 13.9. The minimum absolute atomic E-state index is 1.06. The molecule has 0 bridgehead atoms. The maximum Gasteiger partial charge on any atom is -0.0166 e. The Labute approximate surface area is 87.7 Å².